The quantitative estimate of drug-likeness (QED) is 0.153. The summed E-state index contributed by atoms with van der Waals surface area (Å²) < 4.78 is 0. The number of alkyl halides is 1. The number of halogens is 1. The smallest absolute Gasteiger partial charge is 0.0903 e. The van der Waals surface area contributed by atoms with Crippen molar-refractivity contribution in [1.29, 1.82) is 0 Å². The molecule has 0 spiro atoms. The van der Waals surface area contributed by atoms with Crippen molar-refractivity contribution in [3.8, 4) is 0 Å². The predicted octanol–water partition coefficient (Wildman–Crippen LogP) is 6.29. The van der Waals surface area contributed by atoms with E-state index in [0.29, 0.717) is 23.1 Å². The van der Waals surface area contributed by atoms with Crippen LogP contribution in [-0.2, 0) is 0 Å². The van der Waals surface area contributed by atoms with E-state index in [0.717, 1.165) is 64.2 Å². The average Bonchev–Trinajstić information content (AvgIpc) is 3.53. The molecule has 210 valence electrons. The zero-order chi connectivity index (χ0) is 26.9. The lowest BCUT2D eigenvalue weighted by Gasteiger charge is -2.53. The Morgan fingerprint density at radius 1 is 0.944 bits per heavy atom. The molecule has 36 heavy (non-hydrogen) atoms. The molecule has 0 aromatic heterocycles. The summed E-state index contributed by atoms with van der Waals surface area (Å²) >= 11 is 6.47. The second-order valence-electron chi connectivity index (χ2n) is 14.1. The first-order valence-electron chi connectivity index (χ1n) is 14.9. The van der Waals surface area contributed by atoms with E-state index in [9.17, 15) is 15.3 Å². The van der Waals surface area contributed by atoms with Gasteiger partial charge in [0.05, 0.1) is 12.2 Å². The maximum absolute atomic E-state index is 11.7. The summed E-state index contributed by atoms with van der Waals surface area (Å²) in [5.74, 6) is 1.91. The van der Waals surface area contributed by atoms with E-state index < -0.39 is 17.7 Å². The molecule has 3 aliphatic carbocycles. The summed E-state index contributed by atoms with van der Waals surface area (Å²) in [5, 5.41) is 33.0. The van der Waals surface area contributed by atoms with Crippen LogP contribution in [0, 0.1) is 46.3 Å². The Bertz CT molecular complexity index is 731. The third-order valence-electron chi connectivity index (χ3n) is 11.1. The van der Waals surface area contributed by atoms with Gasteiger partial charge in [-0.05, 0) is 105 Å². The van der Waals surface area contributed by atoms with Gasteiger partial charge in [0.2, 0.25) is 0 Å². The lowest BCUT2D eigenvalue weighted by Crippen LogP contribution is -2.45. The van der Waals surface area contributed by atoms with Crippen LogP contribution in [0.15, 0.2) is 12.2 Å². The van der Waals surface area contributed by atoms with E-state index in [-0.39, 0.29) is 35.2 Å². The van der Waals surface area contributed by atoms with E-state index >= 15 is 0 Å². The number of aliphatic hydroxyl groups is 3. The molecule has 5 heteroatoms. The third-order valence-corrected chi connectivity index (χ3v) is 11.5. The summed E-state index contributed by atoms with van der Waals surface area (Å²) in [4.78, 5) is 0. The van der Waals surface area contributed by atoms with Crippen molar-refractivity contribution in [3.05, 3.63) is 12.2 Å². The van der Waals surface area contributed by atoms with E-state index in [4.69, 9.17) is 17.3 Å². The number of aliphatic hydroxyl groups excluding tert-OH is 3. The molecule has 3 saturated carbocycles. The largest absolute Gasteiger partial charge is 0.396 e. The van der Waals surface area contributed by atoms with Gasteiger partial charge >= 0.3 is 0 Å². The van der Waals surface area contributed by atoms with Crippen molar-refractivity contribution in [2.24, 2.45) is 52.1 Å². The maximum atomic E-state index is 11.7. The normalized spacial score (nSPS) is 39.8. The van der Waals surface area contributed by atoms with Gasteiger partial charge in [0, 0.05) is 23.4 Å². The van der Waals surface area contributed by atoms with Crippen molar-refractivity contribution >= 4 is 11.6 Å². The minimum atomic E-state index is -0.666. The molecule has 0 saturated heterocycles. The fraction of sp³-hybridized carbons (Fsp3) is 0.935. The molecule has 0 aromatic rings. The molecular formula is C31H56ClNO3. The summed E-state index contributed by atoms with van der Waals surface area (Å²) in [7, 11) is 0. The monoisotopic (exact) mass is 525 g/mol. The highest BCUT2D eigenvalue weighted by Crippen LogP contribution is 2.60. The second-order valence-corrected chi connectivity index (χ2v) is 14.7. The van der Waals surface area contributed by atoms with Gasteiger partial charge in [0.15, 0.2) is 0 Å². The molecule has 3 rings (SSSR count). The van der Waals surface area contributed by atoms with Gasteiger partial charge in [0.1, 0.15) is 0 Å². The van der Waals surface area contributed by atoms with Crippen molar-refractivity contribution in [1.82, 2.24) is 0 Å². The standard InChI is InChI=1S/C31H56ClNO3/c1-20(2)25(11-12-27(35)31(33)19-26(31)21(3)4)28(36)22-13-15-29(5,6)30(16-14-22,17-18-34)23-7-9-24(32)10-8-23/h11-12,20-28,34-36H,7-10,13-19,33H2,1-6H3/b12-11+/t22?,23?,24?,25-,26?,27?,28?,30?,31?/m1/s1. The van der Waals surface area contributed by atoms with Crippen molar-refractivity contribution in [2.45, 2.75) is 129 Å². The molecule has 3 fully saturated rings. The second kappa shape index (κ2) is 11.9. The van der Waals surface area contributed by atoms with Crippen molar-refractivity contribution in [2.75, 3.05) is 6.61 Å². The molecule has 0 amide bonds. The molecule has 0 aliphatic heterocycles. The lowest BCUT2D eigenvalue weighted by molar-refractivity contribution is -0.0426. The highest BCUT2D eigenvalue weighted by molar-refractivity contribution is 6.20. The Morgan fingerprint density at radius 3 is 2.08 bits per heavy atom. The predicted molar refractivity (Wildman–Crippen MR) is 151 cm³/mol. The lowest BCUT2D eigenvalue weighted by atomic mass is 9.52. The molecule has 6 unspecified atom stereocenters. The minimum absolute atomic E-state index is 0.00959. The molecule has 7 atom stereocenters. The van der Waals surface area contributed by atoms with Crippen LogP contribution in [0.2, 0.25) is 0 Å². The molecule has 0 heterocycles. The Hall–Kier alpha value is -0.130. The van der Waals surface area contributed by atoms with Crippen LogP contribution in [-0.4, -0.2) is 45.1 Å². The van der Waals surface area contributed by atoms with Crippen molar-refractivity contribution < 1.29 is 15.3 Å². The van der Waals surface area contributed by atoms with Crippen molar-refractivity contribution in [3.63, 3.8) is 0 Å². The van der Waals surface area contributed by atoms with Gasteiger partial charge in [-0.3, -0.25) is 0 Å². The van der Waals surface area contributed by atoms with E-state index in [1.165, 1.54) is 0 Å². The topological polar surface area (TPSA) is 86.7 Å². The molecule has 0 aromatic carbocycles. The minimum Gasteiger partial charge on any atom is -0.396 e. The summed E-state index contributed by atoms with van der Waals surface area (Å²) in [6, 6.07) is 0. The fourth-order valence-electron chi connectivity index (χ4n) is 8.27. The summed E-state index contributed by atoms with van der Waals surface area (Å²) in [6.45, 7) is 13.7. The number of hydrogen-bond donors (Lipinski definition) is 4. The zero-order valence-corrected chi connectivity index (χ0v) is 24.7. The Balaban J connectivity index is 1.75. The van der Waals surface area contributed by atoms with E-state index in [1.54, 1.807) is 0 Å². The molecular weight excluding hydrogens is 470 g/mol. The highest BCUT2D eigenvalue weighted by Gasteiger charge is 2.56. The maximum Gasteiger partial charge on any atom is 0.0903 e. The van der Waals surface area contributed by atoms with Gasteiger partial charge in [-0.2, -0.15) is 0 Å². The summed E-state index contributed by atoms with van der Waals surface area (Å²) in [5.41, 5.74) is 6.20. The van der Waals surface area contributed by atoms with E-state index in [2.05, 4.69) is 47.6 Å². The van der Waals surface area contributed by atoms with Crippen LogP contribution in [0.4, 0.5) is 0 Å². The van der Waals surface area contributed by atoms with Crippen LogP contribution in [0.5, 0.6) is 0 Å². The van der Waals surface area contributed by atoms with Crippen LogP contribution in [0.25, 0.3) is 0 Å². The molecule has 0 bridgehead atoms. The van der Waals surface area contributed by atoms with Crippen LogP contribution >= 0.6 is 11.6 Å². The highest BCUT2D eigenvalue weighted by atomic mass is 35.5. The first-order chi connectivity index (χ1) is 16.8. The Morgan fingerprint density at radius 2 is 1.56 bits per heavy atom. The van der Waals surface area contributed by atoms with Gasteiger partial charge in [0.25, 0.3) is 0 Å². The van der Waals surface area contributed by atoms with Gasteiger partial charge < -0.3 is 21.1 Å². The number of rotatable bonds is 10. The zero-order valence-electron chi connectivity index (χ0n) is 23.9. The Labute approximate surface area is 226 Å². The summed E-state index contributed by atoms with van der Waals surface area (Å²) in [6.07, 6.45) is 13.1. The van der Waals surface area contributed by atoms with Crippen LogP contribution in [0.1, 0.15) is 106 Å². The van der Waals surface area contributed by atoms with Gasteiger partial charge in [-0.25, -0.2) is 0 Å². The first-order valence-corrected chi connectivity index (χ1v) is 15.3. The number of hydrogen-bond acceptors (Lipinski definition) is 4. The third kappa shape index (κ3) is 6.19. The molecule has 0 radical (unpaired) electrons. The molecule has 3 aliphatic rings. The van der Waals surface area contributed by atoms with E-state index in [1.807, 2.05) is 6.08 Å². The van der Waals surface area contributed by atoms with Gasteiger partial charge in [-0.1, -0.05) is 53.7 Å². The van der Waals surface area contributed by atoms with Crippen LogP contribution in [0.3, 0.4) is 0 Å². The average molecular weight is 526 g/mol. The molecule has 5 N–H and O–H groups in total. The molecule has 4 nitrogen and oxygen atoms in total. The van der Waals surface area contributed by atoms with Crippen LogP contribution < -0.4 is 5.73 Å². The SMILES string of the molecule is CC(C)C1CC1(N)C(O)/C=C/[C@H](C(C)C)C(O)C1CCC(C)(C)C(CCO)(C2CCC(Cl)CC2)CC1. The van der Waals surface area contributed by atoms with Gasteiger partial charge in [-0.15, -0.1) is 11.6 Å². The first kappa shape index (κ1) is 30.4. The fourth-order valence-corrected chi connectivity index (χ4v) is 8.52. The number of nitrogens with two attached hydrogens (primary N) is 1. The Kier molecular flexibility index (Phi) is 10.1.